The molecule has 6 nitrogen and oxygen atoms in total. The number of methoxy groups -OCH3 is 1. The number of carbonyl (C=O) groups is 1. The summed E-state index contributed by atoms with van der Waals surface area (Å²) < 4.78 is 4.91. The molecule has 1 amide bonds. The Kier molecular flexibility index (Phi) is 5.72. The zero-order valence-corrected chi connectivity index (χ0v) is 11.4. The largest absolute Gasteiger partial charge is 0.385 e. The van der Waals surface area contributed by atoms with Gasteiger partial charge in [0, 0.05) is 31.9 Å². The molecule has 0 aliphatic heterocycles. The smallest absolute Gasteiger partial charge is 0.270 e. The van der Waals surface area contributed by atoms with Gasteiger partial charge in [-0.3, -0.25) is 14.9 Å². The van der Waals surface area contributed by atoms with Crippen LogP contribution in [0.3, 0.4) is 0 Å². The normalized spacial score (nSPS) is 11.9. The van der Waals surface area contributed by atoms with E-state index in [0.29, 0.717) is 13.0 Å². The summed E-state index contributed by atoms with van der Waals surface area (Å²) in [4.78, 5) is 21.9. The van der Waals surface area contributed by atoms with Crippen molar-refractivity contribution in [2.24, 2.45) is 0 Å². The Morgan fingerprint density at radius 3 is 2.79 bits per heavy atom. The highest BCUT2D eigenvalue weighted by atomic mass is 35.5. The zero-order chi connectivity index (χ0) is 14.4. The van der Waals surface area contributed by atoms with Crippen LogP contribution in [0, 0.1) is 10.1 Å². The molecular weight excluding hydrogens is 272 g/mol. The number of carbonyl (C=O) groups excluding carboxylic acids is 1. The number of amides is 1. The lowest BCUT2D eigenvalue weighted by Gasteiger charge is -2.13. The summed E-state index contributed by atoms with van der Waals surface area (Å²) in [6.07, 6.45) is 0.673. The summed E-state index contributed by atoms with van der Waals surface area (Å²) in [5.41, 5.74) is 0.0746. The van der Waals surface area contributed by atoms with E-state index in [1.54, 1.807) is 7.11 Å². The van der Waals surface area contributed by atoms with Crippen LogP contribution in [0.25, 0.3) is 0 Å². The molecule has 1 N–H and O–H groups in total. The summed E-state index contributed by atoms with van der Waals surface area (Å²) in [5.74, 6) is -0.358. The Balaban J connectivity index is 2.74. The Bertz CT molecular complexity index is 479. The van der Waals surface area contributed by atoms with Gasteiger partial charge >= 0.3 is 0 Å². The molecule has 0 saturated carbocycles. The molecule has 104 valence electrons. The van der Waals surface area contributed by atoms with Crippen LogP contribution >= 0.6 is 11.6 Å². The van der Waals surface area contributed by atoms with Crippen molar-refractivity contribution in [2.45, 2.75) is 19.4 Å². The quantitative estimate of drug-likeness (QED) is 0.643. The van der Waals surface area contributed by atoms with E-state index in [2.05, 4.69) is 5.32 Å². The Morgan fingerprint density at radius 2 is 2.26 bits per heavy atom. The summed E-state index contributed by atoms with van der Waals surface area (Å²) in [5, 5.41) is 13.4. The van der Waals surface area contributed by atoms with Crippen molar-refractivity contribution in [3.05, 3.63) is 38.9 Å². The predicted octanol–water partition coefficient (Wildman–Crippen LogP) is 2.40. The molecule has 0 saturated heterocycles. The third-order valence-corrected chi connectivity index (χ3v) is 2.85. The maximum Gasteiger partial charge on any atom is 0.270 e. The van der Waals surface area contributed by atoms with Crippen LogP contribution in [-0.4, -0.2) is 30.6 Å². The molecule has 1 unspecified atom stereocenters. The minimum absolute atomic E-state index is 0.0608. The number of hydrogen-bond acceptors (Lipinski definition) is 4. The molecule has 1 aromatic carbocycles. The predicted molar refractivity (Wildman–Crippen MR) is 71.5 cm³/mol. The average molecular weight is 287 g/mol. The number of nitrogens with one attached hydrogen (secondary N) is 1. The van der Waals surface area contributed by atoms with Crippen molar-refractivity contribution < 1.29 is 14.5 Å². The lowest BCUT2D eigenvalue weighted by Crippen LogP contribution is -2.33. The van der Waals surface area contributed by atoms with Gasteiger partial charge in [0.1, 0.15) is 0 Å². The van der Waals surface area contributed by atoms with Gasteiger partial charge in [0.05, 0.1) is 15.5 Å². The third-order valence-electron chi connectivity index (χ3n) is 2.54. The molecule has 0 aliphatic carbocycles. The van der Waals surface area contributed by atoms with Crippen LogP contribution in [0.1, 0.15) is 23.7 Å². The second kappa shape index (κ2) is 7.06. The maximum atomic E-state index is 11.9. The van der Waals surface area contributed by atoms with Gasteiger partial charge in [0.25, 0.3) is 11.6 Å². The number of nitrogens with zero attached hydrogens (tertiary/aromatic N) is 1. The number of non-ortho nitro benzene ring substituents is 1. The number of nitro groups is 1. The van der Waals surface area contributed by atoms with Gasteiger partial charge in [-0.15, -0.1) is 0 Å². The fourth-order valence-electron chi connectivity index (χ4n) is 1.47. The zero-order valence-electron chi connectivity index (χ0n) is 10.7. The van der Waals surface area contributed by atoms with E-state index >= 15 is 0 Å². The summed E-state index contributed by atoms with van der Waals surface area (Å²) in [6.45, 7) is 2.38. The Hall–Kier alpha value is -1.66. The van der Waals surface area contributed by atoms with Crippen molar-refractivity contribution in [1.82, 2.24) is 5.32 Å². The molecule has 1 atom stereocenters. The van der Waals surface area contributed by atoms with Gasteiger partial charge in [0.2, 0.25) is 0 Å². The first kappa shape index (κ1) is 15.4. The molecule has 19 heavy (non-hydrogen) atoms. The highest BCUT2D eigenvalue weighted by Gasteiger charge is 2.16. The van der Waals surface area contributed by atoms with Crippen LogP contribution in [0.5, 0.6) is 0 Å². The van der Waals surface area contributed by atoms with Crippen molar-refractivity contribution in [3.63, 3.8) is 0 Å². The second-order valence-corrected chi connectivity index (χ2v) is 4.48. The van der Waals surface area contributed by atoms with Crippen molar-refractivity contribution in [3.8, 4) is 0 Å². The molecule has 0 bridgehead atoms. The fraction of sp³-hybridized carbons (Fsp3) is 0.417. The topological polar surface area (TPSA) is 81.5 Å². The van der Waals surface area contributed by atoms with Crippen LogP contribution < -0.4 is 5.32 Å². The SMILES string of the molecule is COCCC(C)NC(=O)c1ccc([N+](=O)[O-])cc1Cl. The van der Waals surface area contributed by atoms with Crippen LogP contribution in [0.4, 0.5) is 5.69 Å². The van der Waals surface area contributed by atoms with Crippen molar-refractivity contribution >= 4 is 23.2 Å². The Labute approximate surface area is 115 Å². The number of rotatable bonds is 6. The van der Waals surface area contributed by atoms with Gasteiger partial charge in [0.15, 0.2) is 0 Å². The Morgan fingerprint density at radius 1 is 1.58 bits per heavy atom. The van der Waals surface area contributed by atoms with E-state index < -0.39 is 4.92 Å². The van der Waals surface area contributed by atoms with Gasteiger partial charge in [-0.25, -0.2) is 0 Å². The first-order valence-corrected chi connectivity index (χ1v) is 6.07. The first-order valence-electron chi connectivity index (χ1n) is 5.69. The summed E-state index contributed by atoms with van der Waals surface area (Å²) in [6, 6.07) is 3.69. The molecule has 0 fully saturated rings. The van der Waals surface area contributed by atoms with E-state index in [1.165, 1.54) is 12.1 Å². The molecule has 1 rings (SSSR count). The molecule has 0 aromatic heterocycles. The molecule has 1 aromatic rings. The van der Waals surface area contributed by atoms with E-state index in [4.69, 9.17) is 16.3 Å². The number of nitro benzene ring substituents is 1. The summed E-state index contributed by atoms with van der Waals surface area (Å²) >= 11 is 5.87. The average Bonchev–Trinajstić information content (AvgIpc) is 2.35. The maximum absolute atomic E-state index is 11.9. The highest BCUT2D eigenvalue weighted by Crippen LogP contribution is 2.22. The molecule has 0 heterocycles. The third kappa shape index (κ3) is 4.50. The molecule has 0 aliphatic rings. The van der Waals surface area contributed by atoms with Gasteiger partial charge in [-0.1, -0.05) is 11.6 Å². The number of halogens is 1. The number of ether oxygens (including phenoxy) is 1. The second-order valence-electron chi connectivity index (χ2n) is 4.08. The monoisotopic (exact) mass is 286 g/mol. The van der Waals surface area contributed by atoms with E-state index in [-0.39, 0.29) is 28.2 Å². The highest BCUT2D eigenvalue weighted by molar-refractivity contribution is 6.34. The number of benzene rings is 1. The molecule has 0 radical (unpaired) electrons. The van der Waals surface area contributed by atoms with E-state index in [0.717, 1.165) is 6.07 Å². The lowest BCUT2D eigenvalue weighted by atomic mass is 10.1. The van der Waals surface area contributed by atoms with Crippen molar-refractivity contribution in [2.75, 3.05) is 13.7 Å². The standard InChI is InChI=1S/C12H15ClN2O4/c1-8(5-6-19-2)14-12(16)10-4-3-9(15(17)18)7-11(10)13/h3-4,7-8H,5-6H2,1-2H3,(H,14,16). The van der Waals surface area contributed by atoms with Gasteiger partial charge < -0.3 is 10.1 Å². The van der Waals surface area contributed by atoms with E-state index in [1.807, 2.05) is 6.92 Å². The molecule has 0 spiro atoms. The van der Waals surface area contributed by atoms with Gasteiger partial charge in [-0.2, -0.15) is 0 Å². The minimum atomic E-state index is -0.561. The van der Waals surface area contributed by atoms with E-state index in [9.17, 15) is 14.9 Å². The lowest BCUT2D eigenvalue weighted by molar-refractivity contribution is -0.384. The first-order chi connectivity index (χ1) is 8.95. The van der Waals surface area contributed by atoms with Crippen LogP contribution in [0.2, 0.25) is 5.02 Å². The number of hydrogen-bond donors (Lipinski definition) is 1. The molecular formula is C12H15ClN2O4. The van der Waals surface area contributed by atoms with Crippen LogP contribution in [0.15, 0.2) is 18.2 Å². The van der Waals surface area contributed by atoms with Crippen LogP contribution in [-0.2, 0) is 4.74 Å². The summed E-state index contributed by atoms with van der Waals surface area (Å²) in [7, 11) is 1.59. The van der Waals surface area contributed by atoms with Gasteiger partial charge in [-0.05, 0) is 19.4 Å². The molecule has 7 heteroatoms. The minimum Gasteiger partial charge on any atom is -0.385 e. The fourth-order valence-corrected chi connectivity index (χ4v) is 1.73. The van der Waals surface area contributed by atoms with Crippen molar-refractivity contribution in [1.29, 1.82) is 0 Å².